The van der Waals surface area contributed by atoms with Crippen LogP contribution in [0.3, 0.4) is 0 Å². The SMILES string of the molecule is CSc1c(C)cc(C)c(C)c1[S+]=P([O-])(O)O. The average molecular weight is 278 g/mol. The van der Waals surface area contributed by atoms with Crippen LogP contribution < -0.4 is 4.89 Å². The third-order valence-electron chi connectivity index (χ3n) is 2.34. The summed E-state index contributed by atoms with van der Waals surface area (Å²) in [5.74, 6) is 0. The van der Waals surface area contributed by atoms with Crippen molar-refractivity contribution in [2.24, 2.45) is 0 Å². The monoisotopic (exact) mass is 278 g/mol. The van der Waals surface area contributed by atoms with Crippen molar-refractivity contribution in [2.75, 3.05) is 6.26 Å². The molecule has 0 fully saturated rings. The fraction of sp³-hybridized carbons (Fsp3) is 0.400. The number of benzene rings is 1. The molecule has 0 aliphatic carbocycles. The Morgan fingerprint density at radius 1 is 1.25 bits per heavy atom. The lowest BCUT2D eigenvalue weighted by Crippen LogP contribution is -2.01. The zero-order chi connectivity index (χ0) is 12.5. The Morgan fingerprint density at radius 3 is 2.25 bits per heavy atom. The molecule has 0 heterocycles. The van der Waals surface area contributed by atoms with Gasteiger partial charge in [0.25, 0.3) is 0 Å². The lowest BCUT2D eigenvalue weighted by Gasteiger charge is -2.09. The smallest absolute Gasteiger partial charge is 0.321 e. The van der Waals surface area contributed by atoms with Crippen LogP contribution >= 0.6 is 18.5 Å². The molecule has 0 aromatic heterocycles. The molecule has 2 N–H and O–H groups in total. The van der Waals surface area contributed by atoms with Crippen molar-refractivity contribution in [2.45, 2.75) is 30.6 Å². The van der Waals surface area contributed by atoms with Gasteiger partial charge in [-0.25, -0.2) is 0 Å². The van der Waals surface area contributed by atoms with Crippen molar-refractivity contribution >= 4 is 29.4 Å². The van der Waals surface area contributed by atoms with Crippen LogP contribution in [0.4, 0.5) is 0 Å². The molecular weight excluding hydrogens is 263 g/mol. The number of hydrogen-bond acceptors (Lipinski definition) is 2. The molecule has 0 aliphatic heterocycles. The summed E-state index contributed by atoms with van der Waals surface area (Å²) in [4.78, 5) is 30.9. The highest BCUT2D eigenvalue weighted by Gasteiger charge is 2.22. The Labute approximate surface area is 104 Å². The maximum Gasteiger partial charge on any atom is 0.321 e. The van der Waals surface area contributed by atoms with Crippen molar-refractivity contribution in [3.05, 3.63) is 22.8 Å². The van der Waals surface area contributed by atoms with Gasteiger partial charge in [0.15, 0.2) is 0 Å². The summed E-state index contributed by atoms with van der Waals surface area (Å²) in [6, 6.07) is 2.05. The molecule has 0 amide bonds. The number of thioether (sulfide) groups is 1. The molecule has 0 saturated carbocycles. The largest absolute Gasteiger partial charge is 0.742 e. The van der Waals surface area contributed by atoms with Crippen molar-refractivity contribution in [3.8, 4) is 0 Å². The maximum absolute atomic E-state index is 11.1. The first kappa shape index (κ1) is 14.2. The van der Waals surface area contributed by atoms with Crippen molar-refractivity contribution in [1.29, 1.82) is 0 Å². The third-order valence-corrected chi connectivity index (χ3v) is 5.60. The van der Waals surface area contributed by atoms with E-state index in [4.69, 9.17) is 9.79 Å². The van der Waals surface area contributed by atoms with Gasteiger partial charge in [-0.15, -0.1) is 11.8 Å². The molecule has 0 atom stereocenters. The molecular formula is C10H15O3PS2. The Bertz CT molecular complexity index is 457. The molecule has 0 spiro atoms. The Kier molecular flexibility index (Phi) is 4.57. The number of hydrogen-bond donors (Lipinski definition) is 2. The van der Waals surface area contributed by atoms with Crippen molar-refractivity contribution < 1.29 is 14.7 Å². The Balaban J connectivity index is 3.58. The third kappa shape index (κ3) is 3.29. The highest BCUT2D eigenvalue weighted by Crippen LogP contribution is 2.36. The van der Waals surface area contributed by atoms with Crippen LogP contribution in [-0.4, -0.2) is 16.0 Å². The predicted octanol–water partition coefficient (Wildman–Crippen LogP) is 1.80. The summed E-state index contributed by atoms with van der Waals surface area (Å²) >= 11 is 1.52. The standard InChI is InChI=1S/C10H15O3PS2/c1-6-5-7(2)9(15-4)10(8(6)3)16-14(11,12)13/h5H,1-4H3,(H2-,11,12,13). The maximum atomic E-state index is 11.1. The summed E-state index contributed by atoms with van der Waals surface area (Å²) in [6.45, 7) is 1.72. The first-order valence-electron chi connectivity index (χ1n) is 4.66. The van der Waals surface area contributed by atoms with E-state index >= 15 is 0 Å². The first-order valence-corrected chi connectivity index (χ1v) is 8.92. The fourth-order valence-corrected chi connectivity index (χ4v) is 4.97. The fourth-order valence-electron chi connectivity index (χ4n) is 1.51. The molecule has 1 rings (SSSR count). The second kappa shape index (κ2) is 5.17. The van der Waals surface area contributed by atoms with Crippen LogP contribution in [-0.2, 0) is 10.9 Å². The van der Waals surface area contributed by atoms with Crippen LogP contribution in [0, 0.1) is 20.8 Å². The minimum absolute atomic E-state index is 0.653. The highest BCUT2D eigenvalue weighted by molar-refractivity contribution is 8.16. The van der Waals surface area contributed by atoms with E-state index in [9.17, 15) is 4.89 Å². The minimum Gasteiger partial charge on any atom is -0.742 e. The van der Waals surface area contributed by atoms with Gasteiger partial charge in [-0.2, -0.15) is 0 Å². The highest BCUT2D eigenvalue weighted by atomic mass is 32.5. The van der Waals surface area contributed by atoms with E-state index in [0.29, 0.717) is 15.8 Å². The second-order valence-electron chi connectivity index (χ2n) is 3.58. The Hall–Kier alpha value is 0.1000. The van der Waals surface area contributed by atoms with Gasteiger partial charge in [0, 0.05) is 5.56 Å². The molecule has 0 bridgehead atoms. The molecule has 0 radical (unpaired) electrons. The molecule has 0 aliphatic rings. The Morgan fingerprint density at radius 2 is 1.81 bits per heavy atom. The van der Waals surface area contributed by atoms with E-state index in [2.05, 4.69) is 0 Å². The average Bonchev–Trinajstić information content (AvgIpc) is 2.12. The summed E-state index contributed by atoms with van der Waals surface area (Å²) < 4.78 is 0. The van der Waals surface area contributed by atoms with Gasteiger partial charge in [-0.05, 0) is 38.2 Å². The van der Waals surface area contributed by atoms with E-state index in [-0.39, 0.29) is 0 Å². The van der Waals surface area contributed by atoms with Crippen LogP contribution in [0.25, 0.3) is 0 Å². The minimum atomic E-state index is -4.09. The molecule has 0 unspecified atom stereocenters. The summed E-state index contributed by atoms with van der Waals surface area (Å²) in [6.07, 6.45) is 1.92. The van der Waals surface area contributed by atoms with Crippen LogP contribution in [0.5, 0.6) is 0 Å². The molecule has 16 heavy (non-hydrogen) atoms. The quantitative estimate of drug-likeness (QED) is 0.492. The van der Waals surface area contributed by atoms with Crippen LogP contribution in [0.2, 0.25) is 0 Å². The molecule has 1 aromatic carbocycles. The van der Waals surface area contributed by atoms with Gasteiger partial charge in [-0.1, -0.05) is 6.07 Å². The summed E-state index contributed by atoms with van der Waals surface area (Å²) in [5.41, 5.74) is 3.07. The van der Waals surface area contributed by atoms with Gasteiger partial charge >= 0.3 is 6.72 Å². The number of rotatable bonds is 2. The molecule has 0 saturated heterocycles. The molecule has 6 heteroatoms. The van der Waals surface area contributed by atoms with E-state index in [1.165, 1.54) is 11.8 Å². The number of aryl methyl sites for hydroxylation is 2. The second-order valence-corrected chi connectivity index (χ2v) is 7.94. The lowest BCUT2D eigenvalue weighted by molar-refractivity contribution is -0.196. The van der Waals surface area contributed by atoms with E-state index < -0.39 is 6.72 Å². The van der Waals surface area contributed by atoms with E-state index in [0.717, 1.165) is 21.6 Å². The normalized spacial score (nSPS) is 11.7. The van der Waals surface area contributed by atoms with E-state index in [1.807, 2.05) is 33.1 Å². The van der Waals surface area contributed by atoms with Crippen molar-refractivity contribution in [3.63, 3.8) is 0 Å². The van der Waals surface area contributed by atoms with E-state index in [1.54, 1.807) is 0 Å². The van der Waals surface area contributed by atoms with Gasteiger partial charge in [0.05, 0.1) is 4.90 Å². The van der Waals surface area contributed by atoms with Crippen LogP contribution in [0.15, 0.2) is 15.9 Å². The first-order chi connectivity index (χ1) is 7.26. The van der Waals surface area contributed by atoms with Gasteiger partial charge in [0.1, 0.15) is 0 Å². The molecule has 90 valence electrons. The van der Waals surface area contributed by atoms with Crippen molar-refractivity contribution in [1.82, 2.24) is 0 Å². The van der Waals surface area contributed by atoms with Gasteiger partial charge < -0.3 is 14.7 Å². The van der Waals surface area contributed by atoms with Crippen LogP contribution in [0.1, 0.15) is 16.7 Å². The topological polar surface area (TPSA) is 63.5 Å². The molecule has 1 aromatic rings. The van der Waals surface area contributed by atoms with Gasteiger partial charge in [-0.3, -0.25) is 0 Å². The zero-order valence-corrected chi connectivity index (χ0v) is 12.2. The summed E-state index contributed by atoms with van der Waals surface area (Å²) in [7, 11) is 0.653. The lowest BCUT2D eigenvalue weighted by atomic mass is 10.1. The predicted molar refractivity (Wildman–Crippen MR) is 69.4 cm³/mol. The summed E-state index contributed by atoms with van der Waals surface area (Å²) in [5, 5.41) is 0. The van der Waals surface area contributed by atoms with Gasteiger partial charge in [0.2, 0.25) is 15.8 Å². The zero-order valence-electron chi connectivity index (χ0n) is 9.64. The molecule has 3 nitrogen and oxygen atoms in total.